The molecule has 0 radical (unpaired) electrons. The maximum Gasteiger partial charge on any atom is 0.220 e. The number of amides is 1. The van der Waals surface area contributed by atoms with Gasteiger partial charge >= 0.3 is 0 Å². The molecule has 1 amide bonds. The van der Waals surface area contributed by atoms with Crippen molar-refractivity contribution in [1.29, 1.82) is 0 Å². The van der Waals surface area contributed by atoms with Crippen molar-refractivity contribution < 1.29 is 4.79 Å². The van der Waals surface area contributed by atoms with Crippen LogP contribution in [0.1, 0.15) is 57.8 Å². The van der Waals surface area contributed by atoms with Gasteiger partial charge in [-0.05, 0) is 43.9 Å². The smallest absolute Gasteiger partial charge is 0.220 e. The van der Waals surface area contributed by atoms with Crippen LogP contribution in [-0.2, 0) is 4.79 Å². The Morgan fingerprint density at radius 2 is 2.00 bits per heavy atom. The van der Waals surface area contributed by atoms with Gasteiger partial charge < -0.3 is 15.5 Å². The molecule has 1 saturated heterocycles. The first kappa shape index (κ1) is 18.8. The van der Waals surface area contributed by atoms with Crippen molar-refractivity contribution in [2.45, 2.75) is 63.8 Å². The summed E-state index contributed by atoms with van der Waals surface area (Å²) < 4.78 is 0. The van der Waals surface area contributed by atoms with Gasteiger partial charge in [-0.25, -0.2) is 0 Å². The van der Waals surface area contributed by atoms with Crippen LogP contribution in [0.15, 0.2) is 4.99 Å². The van der Waals surface area contributed by atoms with Gasteiger partial charge in [0.2, 0.25) is 5.91 Å². The Morgan fingerprint density at radius 1 is 1.26 bits per heavy atom. The molecule has 2 saturated carbocycles. The van der Waals surface area contributed by atoms with Crippen molar-refractivity contribution in [3.05, 3.63) is 0 Å². The first-order valence-corrected chi connectivity index (χ1v) is 8.96. The van der Waals surface area contributed by atoms with Gasteiger partial charge in [-0.3, -0.25) is 9.79 Å². The van der Waals surface area contributed by atoms with Crippen LogP contribution in [-0.4, -0.2) is 49.5 Å². The van der Waals surface area contributed by atoms with Gasteiger partial charge in [0.05, 0.1) is 0 Å². The van der Waals surface area contributed by atoms with E-state index in [4.69, 9.17) is 0 Å². The molecule has 1 heterocycles. The highest BCUT2D eigenvalue weighted by atomic mass is 127. The first-order chi connectivity index (χ1) is 10.7. The van der Waals surface area contributed by atoms with Crippen molar-refractivity contribution in [2.24, 2.45) is 10.4 Å². The van der Waals surface area contributed by atoms with Crippen LogP contribution in [0.4, 0.5) is 0 Å². The summed E-state index contributed by atoms with van der Waals surface area (Å²) >= 11 is 0. The number of nitrogens with zero attached hydrogens (tertiary/aromatic N) is 2. The number of likely N-dealkylation sites (tertiary alicyclic amines) is 1. The second-order valence-corrected chi connectivity index (χ2v) is 7.30. The third-order valence-electron chi connectivity index (χ3n) is 5.42. The fourth-order valence-electron chi connectivity index (χ4n) is 3.96. The molecule has 0 aromatic carbocycles. The van der Waals surface area contributed by atoms with Crippen LogP contribution in [0.5, 0.6) is 0 Å². The van der Waals surface area contributed by atoms with Crippen molar-refractivity contribution >= 4 is 35.8 Å². The van der Waals surface area contributed by atoms with E-state index >= 15 is 0 Å². The molecule has 0 aromatic rings. The van der Waals surface area contributed by atoms with Crippen LogP contribution in [0.2, 0.25) is 0 Å². The van der Waals surface area contributed by atoms with E-state index in [2.05, 4.69) is 20.5 Å². The zero-order valence-corrected chi connectivity index (χ0v) is 16.6. The Balaban J connectivity index is 0.00000192. The minimum absolute atomic E-state index is 0. The van der Waals surface area contributed by atoms with Crippen molar-refractivity contribution in [3.63, 3.8) is 0 Å². The predicted octanol–water partition coefficient (Wildman–Crippen LogP) is 2.50. The van der Waals surface area contributed by atoms with Gasteiger partial charge in [0.15, 0.2) is 5.96 Å². The van der Waals surface area contributed by atoms with Gasteiger partial charge in [0, 0.05) is 39.1 Å². The summed E-state index contributed by atoms with van der Waals surface area (Å²) in [6.07, 6.45) is 10.7. The van der Waals surface area contributed by atoms with Crippen LogP contribution in [0.25, 0.3) is 0 Å². The number of halogens is 1. The number of rotatable bonds is 5. The minimum atomic E-state index is 0. The lowest BCUT2D eigenvalue weighted by molar-refractivity contribution is -0.121. The van der Waals surface area contributed by atoms with Gasteiger partial charge in [-0.15, -0.1) is 24.0 Å². The number of aliphatic imine (C=N–C) groups is 1. The molecule has 3 rings (SSSR count). The highest BCUT2D eigenvalue weighted by molar-refractivity contribution is 14.0. The Bertz CT molecular complexity index is 430. The zero-order valence-electron chi connectivity index (χ0n) is 14.3. The Hall–Kier alpha value is -0.530. The molecular weight excluding hydrogens is 403 g/mol. The number of carbonyl (C=O) groups excluding carboxylic acids is 1. The number of hydrogen-bond acceptors (Lipinski definition) is 2. The molecule has 6 heteroatoms. The van der Waals surface area contributed by atoms with Crippen molar-refractivity contribution in [3.8, 4) is 0 Å². The maximum atomic E-state index is 11.7. The lowest BCUT2D eigenvalue weighted by atomic mass is 9.86. The van der Waals surface area contributed by atoms with Gasteiger partial charge in [0.1, 0.15) is 0 Å². The standard InChI is InChI=1S/C17H30N4O.HI/c1-18-16(19-11-4-5-15(22)20-14-6-7-14)21-12-10-17(13-21)8-2-3-9-17;/h14H,2-13H2,1H3,(H,18,19)(H,20,22);1H. The summed E-state index contributed by atoms with van der Waals surface area (Å²) in [4.78, 5) is 18.5. The second-order valence-electron chi connectivity index (χ2n) is 7.30. The summed E-state index contributed by atoms with van der Waals surface area (Å²) in [7, 11) is 1.86. The van der Waals surface area contributed by atoms with Crippen LogP contribution < -0.4 is 10.6 Å². The van der Waals surface area contributed by atoms with E-state index in [1.54, 1.807) is 0 Å². The molecule has 0 aromatic heterocycles. The summed E-state index contributed by atoms with van der Waals surface area (Å²) in [5.74, 6) is 1.22. The van der Waals surface area contributed by atoms with E-state index in [0.29, 0.717) is 17.9 Å². The van der Waals surface area contributed by atoms with E-state index in [9.17, 15) is 4.79 Å². The summed E-state index contributed by atoms with van der Waals surface area (Å²) in [5.41, 5.74) is 0.571. The number of guanidine groups is 1. The third-order valence-corrected chi connectivity index (χ3v) is 5.42. The monoisotopic (exact) mass is 434 g/mol. The third kappa shape index (κ3) is 5.22. The van der Waals surface area contributed by atoms with Gasteiger partial charge in [0.25, 0.3) is 0 Å². The molecule has 0 bridgehead atoms. The fraction of sp³-hybridized carbons (Fsp3) is 0.882. The molecule has 3 fully saturated rings. The zero-order chi connectivity index (χ0) is 15.4. The van der Waals surface area contributed by atoms with E-state index < -0.39 is 0 Å². The molecular formula is C17H31IN4O. The second kappa shape index (κ2) is 8.53. The van der Waals surface area contributed by atoms with Crippen molar-refractivity contribution in [1.82, 2.24) is 15.5 Å². The summed E-state index contributed by atoms with van der Waals surface area (Å²) in [6, 6.07) is 0.473. The van der Waals surface area contributed by atoms with Crippen LogP contribution in [0.3, 0.4) is 0 Å². The molecule has 2 N–H and O–H groups in total. The molecule has 1 spiro atoms. The van der Waals surface area contributed by atoms with E-state index in [-0.39, 0.29) is 29.9 Å². The number of carbonyl (C=O) groups is 1. The Labute approximate surface area is 157 Å². The molecule has 3 aliphatic rings. The molecule has 0 unspecified atom stereocenters. The highest BCUT2D eigenvalue weighted by Gasteiger charge is 2.40. The Morgan fingerprint density at radius 3 is 2.65 bits per heavy atom. The number of hydrogen-bond donors (Lipinski definition) is 2. The van der Waals surface area contributed by atoms with E-state index in [0.717, 1.165) is 44.9 Å². The van der Waals surface area contributed by atoms with Gasteiger partial charge in [-0.1, -0.05) is 12.8 Å². The highest BCUT2D eigenvalue weighted by Crippen LogP contribution is 2.45. The largest absolute Gasteiger partial charge is 0.356 e. The Kier molecular flexibility index (Phi) is 6.98. The lowest BCUT2D eigenvalue weighted by Gasteiger charge is -2.25. The molecule has 23 heavy (non-hydrogen) atoms. The summed E-state index contributed by atoms with van der Waals surface area (Å²) in [5, 5.41) is 6.47. The van der Waals surface area contributed by atoms with Gasteiger partial charge in [-0.2, -0.15) is 0 Å². The average Bonchev–Trinajstić information content (AvgIpc) is 3.06. The van der Waals surface area contributed by atoms with Crippen LogP contribution in [0, 0.1) is 5.41 Å². The number of nitrogens with one attached hydrogen (secondary N) is 2. The molecule has 132 valence electrons. The molecule has 0 atom stereocenters. The summed E-state index contributed by atoms with van der Waals surface area (Å²) in [6.45, 7) is 3.12. The molecule has 5 nitrogen and oxygen atoms in total. The fourth-order valence-corrected chi connectivity index (χ4v) is 3.96. The topological polar surface area (TPSA) is 56.7 Å². The van der Waals surface area contributed by atoms with E-state index in [1.807, 2.05) is 7.05 Å². The first-order valence-electron chi connectivity index (χ1n) is 8.96. The molecule has 1 aliphatic heterocycles. The maximum absolute atomic E-state index is 11.7. The van der Waals surface area contributed by atoms with Crippen LogP contribution >= 0.6 is 24.0 Å². The lowest BCUT2D eigenvalue weighted by Crippen LogP contribution is -2.41. The van der Waals surface area contributed by atoms with E-state index in [1.165, 1.54) is 32.1 Å². The van der Waals surface area contributed by atoms with Crippen molar-refractivity contribution in [2.75, 3.05) is 26.7 Å². The quantitative estimate of drug-likeness (QED) is 0.303. The average molecular weight is 434 g/mol. The SMILES string of the molecule is CN=C(NCCCC(=O)NC1CC1)N1CCC2(CCCC2)C1.I. The normalized spacial score (nSPS) is 23.0. The minimum Gasteiger partial charge on any atom is -0.356 e. The molecule has 2 aliphatic carbocycles. The predicted molar refractivity (Wildman–Crippen MR) is 104 cm³/mol.